The fourth-order valence-corrected chi connectivity index (χ4v) is 1.83. The van der Waals surface area contributed by atoms with E-state index < -0.39 is 6.23 Å². The van der Waals surface area contributed by atoms with Gasteiger partial charge in [-0.2, -0.15) is 0 Å². The first-order valence-electron chi connectivity index (χ1n) is 5.12. The van der Waals surface area contributed by atoms with Crippen molar-refractivity contribution >= 4 is 5.91 Å². The molecule has 1 aliphatic rings. The average Bonchev–Trinajstić information content (AvgIpc) is 2.58. The van der Waals surface area contributed by atoms with Crippen LogP contribution in [0.3, 0.4) is 0 Å². The molecule has 0 bridgehead atoms. The first-order chi connectivity index (χ1) is 7.61. The van der Waals surface area contributed by atoms with Crippen LogP contribution >= 0.6 is 0 Å². The van der Waals surface area contributed by atoms with Gasteiger partial charge in [0.25, 0.3) is 5.91 Å². The van der Waals surface area contributed by atoms with Gasteiger partial charge >= 0.3 is 0 Å². The van der Waals surface area contributed by atoms with Gasteiger partial charge in [0, 0.05) is 20.0 Å². The van der Waals surface area contributed by atoms with Gasteiger partial charge < -0.3 is 10.2 Å². The van der Waals surface area contributed by atoms with Crippen LogP contribution < -0.4 is 0 Å². The summed E-state index contributed by atoms with van der Waals surface area (Å²) in [6.07, 6.45) is -0.285. The van der Waals surface area contributed by atoms with E-state index in [0.29, 0.717) is 13.0 Å². The van der Waals surface area contributed by atoms with E-state index in [0.717, 1.165) is 0 Å². The molecule has 0 saturated carbocycles. The molecular weight excluding hydrogens is 208 g/mol. The number of aliphatic hydroxyl groups excluding tert-OH is 1. The van der Waals surface area contributed by atoms with Crippen molar-refractivity contribution in [3.8, 4) is 5.75 Å². The molecule has 0 aromatic heterocycles. The number of carbonyl (C=O) groups is 1. The molecule has 2 N–H and O–H groups in total. The highest BCUT2D eigenvalue weighted by Crippen LogP contribution is 2.22. The largest absolute Gasteiger partial charge is 0.507 e. The lowest BCUT2D eigenvalue weighted by Gasteiger charge is -2.26. The smallest absolute Gasteiger partial charge is 0.274 e. The van der Waals surface area contributed by atoms with Gasteiger partial charge in [-0.3, -0.25) is 4.79 Å². The summed E-state index contributed by atoms with van der Waals surface area (Å²) >= 11 is 0. The Morgan fingerprint density at radius 1 is 1.44 bits per heavy atom. The van der Waals surface area contributed by atoms with Crippen molar-refractivity contribution in [3.05, 3.63) is 29.8 Å². The number of para-hydroxylation sites is 1. The summed E-state index contributed by atoms with van der Waals surface area (Å²) < 4.78 is 0. The van der Waals surface area contributed by atoms with Crippen LogP contribution in [0.15, 0.2) is 24.3 Å². The highest BCUT2D eigenvalue weighted by molar-refractivity contribution is 5.96. The van der Waals surface area contributed by atoms with E-state index >= 15 is 0 Å². The predicted octanol–water partition coefficient (Wildman–Crippen LogP) is 0.403. The normalized spacial score (nSPS) is 21.4. The molecule has 0 radical (unpaired) electrons. The lowest BCUT2D eigenvalue weighted by molar-refractivity contribution is -0.0443. The molecule has 5 nitrogen and oxygen atoms in total. The minimum Gasteiger partial charge on any atom is -0.507 e. The van der Waals surface area contributed by atoms with Gasteiger partial charge in [-0.1, -0.05) is 12.1 Å². The van der Waals surface area contributed by atoms with Gasteiger partial charge in [-0.15, -0.1) is 0 Å². The van der Waals surface area contributed by atoms with Gasteiger partial charge in [0.1, 0.15) is 12.0 Å². The molecule has 1 atom stereocenters. The summed E-state index contributed by atoms with van der Waals surface area (Å²) in [6, 6.07) is 6.32. The molecule has 1 aromatic rings. The van der Waals surface area contributed by atoms with Gasteiger partial charge in [0.05, 0.1) is 5.56 Å². The summed E-state index contributed by atoms with van der Waals surface area (Å²) in [7, 11) is 1.73. The first-order valence-corrected chi connectivity index (χ1v) is 5.12. The predicted molar refractivity (Wildman–Crippen MR) is 57.5 cm³/mol. The molecule has 1 aromatic carbocycles. The summed E-state index contributed by atoms with van der Waals surface area (Å²) in [5.74, 6) is -0.453. The summed E-state index contributed by atoms with van der Waals surface area (Å²) in [6.45, 7) is 0.625. The maximum atomic E-state index is 12.1. The molecule has 0 unspecified atom stereocenters. The number of aromatic hydroxyl groups is 1. The van der Waals surface area contributed by atoms with Crippen LogP contribution in [-0.4, -0.2) is 46.0 Å². The number of phenolic OH excluding ortho intramolecular Hbond substituents is 1. The maximum absolute atomic E-state index is 12.1. The third-order valence-electron chi connectivity index (χ3n) is 2.70. The third-order valence-corrected chi connectivity index (χ3v) is 2.70. The number of carbonyl (C=O) groups excluding carboxylic acids is 1. The van der Waals surface area contributed by atoms with Crippen molar-refractivity contribution in [3.63, 3.8) is 0 Å². The number of hydrogen-bond donors (Lipinski definition) is 2. The SMILES string of the molecule is CN1CC[C@@H](O)N1C(=O)c1ccccc1O. The molecule has 1 saturated heterocycles. The van der Waals surface area contributed by atoms with E-state index in [4.69, 9.17) is 0 Å². The van der Waals surface area contributed by atoms with Gasteiger partial charge in [0.2, 0.25) is 0 Å². The molecule has 2 rings (SSSR count). The molecule has 5 heteroatoms. The fraction of sp³-hybridized carbons (Fsp3) is 0.364. The van der Waals surface area contributed by atoms with Crippen molar-refractivity contribution in [1.29, 1.82) is 0 Å². The number of nitrogens with zero attached hydrogens (tertiary/aromatic N) is 2. The van der Waals surface area contributed by atoms with Crippen LogP contribution in [0.25, 0.3) is 0 Å². The Morgan fingerprint density at radius 3 is 2.69 bits per heavy atom. The molecule has 1 fully saturated rings. The van der Waals surface area contributed by atoms with Crippen LogP contribution in [0.1, 0.15) is 16.8 Å². The quantitative estimate of drug-likeness (QED) is 0.722. The zero-order chi connectivity index (χ0) is 11.7. The van der Waals surface area contributed by atoms with Crippen LogP contribution in [0.5, 0.6) is 5.75 Å². The van der Waals surface area contributed by atoms with Gasteiger partial charge in [-0.25, -0.2) is 10.0 Å². The monoisotopic (exact) mass is 222 g/mol. The number of benzene rings is 1. The van der Waals surface area contributed by atoms with E-state index in [9.17, 15) is 15.0 Å². The van der Waals surface area contributed by atoms with E-state index in [1.807, 2.05) is 0 Å². The molecule has 86 valence electrons. The standard InChI is InChI=1S/C11H14N2O3/c1-12-7-6-10(15)13(12)11(16)8-4-2-3-5-9(8)14/h2-5,10,14-15H,6-7H2,1H3/t10-/m1/s1. The third kappa shape index (κ3) is 1.75. The zero-order valence-electron chi connectivity index (χ0n) is 9.00. The van der Waals surface area contributed by atoms with Crippen LogP contribution in [0, 0.1) is 0 Å². The van der Waals surface area contributed by atoms with Crippen molar-refractivity contribution in [2.75, 3.05) is 13.6 Å². The fourth-order valence-electron chi connectivity index (χ4n) is 1.83. The molecule has 0 aliphatic carbocycles. The summed E-state index contributed by atoms with van der Waals surface area (Å²) in [5, 5.41) is 22.1. The van der Waals surface area contributed by atoms with E-state index in [-0.39, 0.29) is 17.2 Å². The Labute approximate surface area is 93.5 Å². The minimum atomic E-state index is -0.808. The highest BCUT2D eigenvalue weighted by Gasteiger charge is 2.33. The Kier molecular flexibility index (Phi) is 2.80. The van der Waals surface area contributed by atoms with E-state index in [1.165, 1.54) is 17.1 Å². The Balaban J connectivity index is 2.29. The second-order valence-corrected chi connectivity index (χ2v) is 3.82. The lowest BCUT2D eigenvalue weighted by Crippen LogP contribution is -2.43. The number of amides is 1. The average molecular weight is 222 g/mol. The van der Waals surface area contributed by atoms with Crippen LogP contribution in [0.2, 0.25) is 0 Å². The number of hydrazine groups is 1. The van der Waals surface area contributed by atoms with E-state index in [1.54, 1.807) is 24.2 Å². The molecule has 16 heavy (non-hydrogen) atoms. The second-order valence-electron chi connectivity index (χ2n) is 3.82. The van der Waals surface area contributed by atoms with Crippen molar-refractivity contribution < 1.29 is 15.0 Å². The molecule has 1 heterocycles. The molecule has 1 aliphatic heterocycles. The molecule has 1 amide bonds. The van der Waals surface area contributed by atoms with Gasteiger partial charge in [-0.05, 0) is 12.1 Å². The Hall–Kier alpha value is -1.59. The Morgan fingerprint density at radius 2 is 2.12 bits per heavy atom. The number of hydrogen-bond acceptors (Lipinski definition) is 4. The number of rotatable bonds is 1. The highest BCUT2D eigenvalue weighted by atomic mass is 16.3. The van der Waals surface area contributed by atoms with Crippen molar-refractivity contribution in [2.24, 2.45) is 0 Å². The lowest BCUT2D eigenvalue weighted by atomic mass is 10.2. The van der Waals surface area contributed by atoms with Gasteiger partial charge in [0.15, 0.2) is 0 Å². The summed E-state index contributed by atoms with van der Waals surface area (Å²) in [5.41, 5.74) is 0.204. The second kappa shape index (κ2) is 4.11. The minimum absolute atomic E-state index is 0.0694. The maximum Gasteiger partial charge on any atom is 0.274 e. The van der Waals surface area contributed by atoms with Crippen LogP contribution in [0.4, 0.5) is 0 Å². The number of aliphatic hydroxyl groups is 1. The zero-order valence-corrected chi connectivity index (χ0v) is 9.00. The van der Waals surface area contributed by atoms with Crippen molar-refractivity contribution in [2.45, 2.75) is 12.6 Å². The Bertz CT molecular complexity index is 398. The molecule has 0 spiro atoms. The van der Waals surface area contributed by atoms with E-state index in [2.05, 4.69) is 0 Å². The number of phenols is 1. The topological polar surface area (TPSA) is 64.0 Å². The summed E-state index contributed by atoms with van der Waals surface area (Å²) in [4.78, 5) is 12.1. The van der Waals surface area contributed by atoms with Crippen LogP contribution in [-0.2, 0) is 0 Å². The van der Waals surface area contributed by atoms with Crippen molar-refractivity contribution in [1.82, 2.24) is 10.0 Å². The first kappa shape index (κ1) is 10.9. The molecular formula is C11H14N2O3.